The summed E-state index contributed by atoms with van der Waals surface area (Å²) in [4.78, 5) is 4.61. The Kier molecular flexibility index (Phi) is 4.80. The number of fused-ring (bicyclic) bond motifs is 1. The molecule has 0 N–H and O–H groups in total. The molecule has 0 saturated carbocycles. The van der Waals surface area contributed by atoms with Crippen LogP contribution in [0.5, 0.6) is 0 Å². The summed E-state index contributed by atoms with van der Waals surface area (Å²) in [6, 6.07) is 5.72. The van der Waals surface area contributed by atoms with Crippen molar-refractivity contribution in [3.63, 3.8) is 0 Å². The van der Waals surface area contributed by atoms with E-state index in [1.807, 2.05) is 36.6 Å². The van der Waals surface area contributed by atoms with E-state index >= 15 is 0 Å². The molecule has 1 aromatic heterocycles. The molecule has 0 spiro atoms. The number of aromatic nitrogens is 2. The van der Waals surface area contributed by atoms with Gasteiger partial charge in [0.2, 0.25) is 6.29 Å². The van der Waals surface area contributed by atoms with Crippen LogP contribution in [0.1, 0.15) is 32.9 Å². The van der Waals surface area contributed by atoms with Gasteiger partial charge in [0.1, 0.15) is 0 Å². The molecule has 0 atom stereocenters. The fourth-order valence-corrected chi connectivity index (χ4v) is 2.43. The molecule has 5 heteroatoms. The normalized spacial score (nSPS) is 11.6. The largest absolute Gasteiger partial charge is 0.346 e. The molecule has 0 aliphatic carbocycles. The van der Waals surface area contributed by atoms with Crippen LogP contribution >= 0.6 is 11.6 Å². The summed E-state index contributed by atoms with van der Waals surface area (Å²) in [7, 11) is 0. The van der Waals surface area contributed by atoms with Crippen LogP contribution in [0.15, 0.2) is 18.2 Å². The van der Waals surface area contributed by atoms with Crippen molar-refractivity contribution in [1.29, 1.82) is 0 Å². The van der Waals surface area contributed by atoms with E-state index in [9.17, 15) is 0 Å². The average Bonchev–Trinajstić information content (AvgIpc) is 2.78. The molecule has 0 unspecified atom stereocenters. The van der Waals surface area contributed by atoms with Gasteiger partial charge in [0.15, 0.2) is 5.82 Å². The number of hydrogen-bond donors (Lipinski definition) is 0. The molecular weight excluding hydrogens is 264 g/mol. The predicted molar refractivity (Wildman–Crippen MR) is 76.4 cm³/mol. The maximum Gasteiger partial charge on any atom is 0.217 e. The van der Waals surface area contributed by atoms with Gasteiger partial charge in [0.05, 0.1) is 16.1 Å². The second-order valence-corrected chi connectivity index (χ2v) is 4.47. The predicted octanol–water partition coefficient (Wildman–Crippen LogP) is 3.78. The highest BCUT2D eigenvalue weighted by molar-refractivity contribution is 6.35. The second kappa shape index (κ2) is 6.37. The molecule has 0 bridgehead atoms. The van der Waals surface area contributed by atoms with Gasteiger partial charge in [-0.3, -0.25) is 0 Å². The molecule has 1 aromatic carbocycles. The third-order valence-corrected chi connectivity index (χ3v) is 3.22. The van der Waals surface area contributed by atoms with Crippen molar-refractivity contribution in [2.24, 2.45) is 0 Å². The topological polar surface area (TPSA) is 36.3 Å². The SMILES string of the molecule is CCOC(OCC)c1nc2cccc(Cl)c2n1CC. The minimum atomic E-state index is -0.446. The highest BCUT2D eigenvalue weighted by Gasteiger charge is 2.21. The Hall–Kier alpha value is -1.10. The number of aryl methyl sites for hydroxylation is 1. The summed E-state index contributed by atoms with van der Waals surface area (Å²) in [5, 5.41) is 0.699. The average molecular weight is 283 g/mol. The van der Waals surface area contributed by atoms with Gasteiger partial charge in [-0.2, -0.15) is 0 Å². The molecule has 19 heavy (non-hydrogen) atoms. The number of halogens is 1. The Morgan fingerprint density at radius 2 is 1.89 bits per heavy atom. The van der Waals surface area contributed by atoms with Crippen molar-refractivity contribution in [2.75, 3.05) is 13.2 Å². The molecule has 4 nitrogen and oxygen atoms in total. The van der Waals surface area contributed by atoms with Crippen LogP contribution in [0.4, 0.5) is 0 Å². The Balaban J connectivity index is 2.55. The second-order valence-electron chi connectivity index (χ2n) is 4.06. The molecule has 0 aliphatic heterocycles. The summed E-state index contributed by atoms with van der Waals surface area (Å²) in [6.07, 6.45) is -0.446. The van der Waals surface area contributed by atoms with Gasteiger partial charge in [-0.05, 0) is 32.9 Å². The maximum absolute atomic E-state index is 6.27. The minimum absolute atomic E-state index is 0.446. The van der Waals surface area contributed by atoms with Crippen molar-refractivity contribution in [1.82, 2.24) is 9.55 Å². The molecule has 0 saturated heterocycles. The smallest absolute Gasteiger partial charge is 0.217 e. The van der Waals surface area contributed by atoms with Crippen molar-refractivity contribution in [2.45, 2.75) is 33.6 Å². The van der Waals surface area contributed by atoms with Crippen LogP contribution in [-0.2, 0) is 16.0 Å². The first-order valence-corrected chi connectivity index (χ1v) is 6.98. The molecule has 1 heterocycles. The zero-order chi connectivity index (χ0) is 13.8. The van der Waals surface area contributed by atoms with Gasteiger partial charge in [-0.1, -0.05) is 17.7 Å². The van der Waals surface area contributed by atoms with Gasteiger partial charge < -0.3 is 14.0 Å². The number of hydrogen-bond acceptors (Lipinski definition) is 3. The molecule has 0 radical (unpaired) electrons. The minimum Gasteiger partial charge on any atom is -0.346 e. The number of benzene rings is 1. The Morgan fingerprint density at radius 3 is 2.47 bits per heavy atom. The first kappa shape index (κ1) is 14.3. The van der Waals surface area contributed by atoms with E-state index < -0.39 is 6.29 Å². The van der Waals surface area contributed by atoms with E-state index in [2.05, 4.69) is 11.9 Å². The third kappa shape index (κ3) is 2.76. The van der Waals surface area contributed by atoms with E-state index in [4.69, 9.17) is 21.1 Å². The number of nitrogens with zero attached hydrogens (tertiary/aromatic N) is 2. The lowest BCUT2D eigenvalue weighted by Gasteiger charge is -2.17. The first-order chi connectivity index (χ1) is 9.22. The third-order valence-electron chi connectivity index (χ3n) is 2.91. The number of imidazole rings is 1. The maximum atomic E-state index is 6.27. The van der Waals surface area contributed by atoms with Gasteiger partial charge in [-0.15, -0.1) is 0 Å². The van der Waals surface area contributed by atoms with Crippen LogP contribution in [0.2, 0.25) is 5.02 Å². The lowest BCUT2D eigenvalue weighted by atomic mass is 10.3. The lowest BCUT2D eigenvalue weighted by Crippen LogP contribution is -2.15. The zero-order valence-electron chi connectivity index (χ0n) is 11.5. The van der Waals surface area contributed by atoms with Crippen molar-refractivity contribution < 1.29 is 9.47 Å². The molecule has 0 amide bonds. The van der Waals surface area contributed by atoms with Gasteiger partial charge in [-0.25, -0.2) is 4.98 Å². The summed E-state index contributed by atoms with van der Waals surface area (Å²) in [5.74, 6) is 0.773. The molecule has 0 aliphatic rings. The van der Waals surface area contributed by atoms with Crippen LogP contribution in [0, 0.1) is 0 Å². The van der Waals surface area contributed by atoms with E-state index in [0.717, 1.165) is 23.4 Å². The number of rotatable bonds is 6. The summed E-state index contributed by atoms with van der Waals surface area (Å²) >= 11 is 6.27. The van der Waals surface area contributed by atoms with Crippen molar-refractivity contribution in [3.8, 4) is 0 Å². The van der Waals surface area contributed by atoms with Crippen LogP contribution in [0.25, 0.3) is 11.0 Å². The molecule has 2 rings (SSSR count). The van der Waals surface area contributed by atoms with Crippen molar-refractivity contribution in [3.05, 3.63) is 29.0 Å². The standard InChI is InChI=1S/C14H19ClN2O2/c1-4-17-12-10(15)8-7-9-11(12)16-13(17)14(18-5-2)19-6-3/h7-9,14H,4-6H2,1-3H3. The Labute approximate surface area is 118 Å². The summed E-state index contributed by atoms with van der Waals surface area (Å²) in [6.45, 7) is 7.86. The monoisotopic (exact) mass is 282 g/mol. The van der Waals surface area contributed by atoms with Gasteiger partial charge in [0, 0.05) is 19.8 Å². The number of ether oxygens (including phenoxy) is 2. The van der Waals surface area contributed by atoms with Crippen molar-refractivity contribution >= 4 is 22.6 Å². The van der Waals surface area contributed by atoms with Gasteiger partial charge in [0.25, 0.3) is 0 Å². The number of para-hydroxylation sites is 1. The first-order valence-electron chi connectivity index (χ1n) is 6.60. The highest BCUT2D eigenvalue weighted by atomic mass is 35.5. The molecule has 0 fully saturated rings. The lowest BCUT2D eigenvalue weighted by molar-refractivity contribution is -0.146. The summed E-state index contributed by atoms with van der Waals surface area (Å²) < 4.78 is 13.3. The Morgan fingerprint density at radius 1 is 1.21 bits per heavy atom. The zero-order valence-corrected chi connectivity index (χ0v) is 12.3. The van der Waals surface area contributed by atoms with E-state index in [1.165, 1.54) is 0 Å². The summed E-state index contributed by atoms with van der Waals surface area (Å²) in [5.41, 5.74) is 1.81. The molecule has 104 valence electrons. The highest BCUT2D eigenvalue weighted by Crippen LogP contribution is 2.28. The Bertz CT molecular complexity index is 548. The fourth-order valence-electron chi connectivity index (χ4n) is 2.16. The molecule has 2 aromatic rings. The van der Waals surface area contributed by atoms with E-state index in [1.54, 1.807) is 0 Å². The van der Waals surface area contributed by atoms with E-state index in [-0.39, 0.29) is 0 Å². The fraction of sp³-hybridized carbons (Fsp3) is 0.500. The van der Waals surface area contributed by atoms with E-state index in [0.29, 0.717) is 18.2 Å². The van der Waals surface area contributed by atoms with Gasteiger partial charge >= 0.3 is 0 Å². The van der Waals surface area contributed by atoms with Crippen LogP contribution in [0.3, 0.4) is 0 Å². The van der Waals surface area contributed by atoms with Crippen LogP contribution < -0.4 is 0 Å². The molecular formula is C14H19ClN2O2. The quantitative estimate of drug-likeness (QED) is 0.757. The van der Waals surface area contributed by atoms with Crippen LogP contribution in [-0.4, -0.2) is 22.8 Å².